The summed E-state index contributed by atoms with van der Waals surface area (Å²) in [6.07, 6.45) is 3.43. The second-order valence-electron chi connectivity index (χ2n) is 5.54. The molecule has 1 N–H and O–H groups in total. The molecule has 6 heteroatoms. The highest BCUT2D eigenvalue weighted by Crippen LogP contribution is 2.31. The van der Waals surface area contributed by atoms with E-state index in [-0.39, 0.29) is 13.0 Å². The van der Waals surface area contributed by atoms with E-state index in [1.54, 1.807) is 30.6 Å². The number of aromatic nitrogens is 2. The number of pyridine rings is 2. The Balaban J connectivity index is 0.00000196. The molecule has 0 amide bonds. The first-order valence-electron chi connectivity index (χ1n) is 7.53. The summed E-state index contributed by atoms with van der Waals surface area (Å²) in [5, 5.41) is 17.6. The first kappa shape index (κ1) is 17.6. The van der Waals surface area contributed by atoms with Crippen LogP contribution in [0.1, 0.15) is 17.8 Å². The standard InChI is InChI=1S/C19H12ClN3O2.CH4/c20-12-2-1-3-13(9-12)22-18-15-6-7-21-10-16(15)14-5-4-11(19(24)25)8-17(14)23-18;/h1-10H,(H,22,23)(H,24,25);1H4/p-1. The van der Waals surface area contributed by atoms with E-state index in [0.29, 0.717) is 16.4 Å². The van der Waals surface area contributed by atoms with E-state index in [9.17, 15) is 9.90 Å². The Morgan fingerprint density at radius 2 is 1.88 bits per heavy atom. The maximum Gasteiger partial charge on any atom is 0.139 e. The van der Waals surface area contributed by atoms with Crippen molar-refractivity contribution in [2.75, 3.05) is 5.32 Å². The van der Waals surface area contributed by atoms with Crippen molar-refractivity contribution in [1.29, 1.82) is 0 Å². The number of carboxylic acids is 1. The molecule has 0 atom stereocenters. The summed E-state index contributed by atoms with van der Waals surface area (Å²) in [4.78, 5) is 19.9. The molecule has 0 spiro atoms. The monoisotopic (exact) mass is 364 g/mol. The van der Waals surface area contributed by atoms with Crippen molar-refractivity contribution < 1.29 is 9.90 Å². The maximum atomic E-state index is 11.1. The molecule has 26 heavy (non-hydrogen) atoms. The summed E-state index contributed by atoms with van der Waals surface area (Å²) in [5.74, 6) is -0.637. The van der Waals surface area contributed by atoms with Crippen molar-refractivity contribution in [3.63, 3.8) is 0 Å². The van der Waals surface area contributed by atoms with E-state index in [2.05, 4.69) is 15.3 Å². The third kappa shape index (κ3) is 3.17. The molecule has 2 aromatic heterocycles. The van der Waals surface area contributed by atoms with Crippen LogP contribution in [0.2, 0.25) is 5.02 Å². The van der Waals surface area contributed by atoms with Gasteiger partial charge in [-0.25, -0.2) is 4.98 Å². The van der Waals surface area contributed by atoms with Crippen LogP contribution in [0.5, 0.6) is 0 Å². The van der Waals surface area contributed by atoms with Gasteiger partial charge in [-0.05, 0) is 35.9 Å². The summed E-state index contributed by atoms with van der Waals surface area (Å²) in [6, 6.07) is 13.9. The lowest BCUT2D eigenvalue weighted by molar-refractivity contribution is -0.255. The van der Waals surface area contributed by atoms with Crippen LogP contribution < -0.4 is 10.4 Å². The summed E-state index contributed by atoms with van der Waals surface area (Å²) >= 11 is 6.04. The minimum atomic E-state index is -1.24. The summed E-state index contributed by atoms with van der Waals surface area (Å²) in [5.41, 5.74) is 1.41. The van der Waals surface area contributed by atoms with Gasteiger partial charge in [0.05, 0.1) is 11.5 Å². The fraction of sp³-hybridized carbons (Fsp3) is 0.0500. The number of carbonyl (C=O) groups is 1. The largest absolute Gasteiger partial charge is 0.545 e. The number of nitrogens with zero attached hydrogens (tertiary/aromatic N) is 2. The fourth-order valence-electron chi connectivity index (χ4n) is 2.77. The minimum Gasteiger partial charge on any atom is -0.545 e. The zero-order valence-corrected chi connectivity index (χ0v) is 13.6. The molecule has 0 radical (unpaired) electrons. The van der Waals surface area contributed by atoms with Gasteiger partial charge in [0.15, 0.2) is 0 Å². The van der Waals surface area contributed by atoms with E-state index in [4.69, 9.17) is 11.6 Å². The number of aromatic carboxylic acids is 1. The van der Waals surface area contributed by atoms with E-state index >= 15 is 0 Å². The van der Waals surface area contributed by atoms with Gasteiger partial charge < -0.3 is 15.2 Å². The number of halogens is 1. The molecule has 0 aliphatic heterocycles. The number of benzene rings is 2. The average molecular weight is 365 g/mol. The van der Waals surface area contributed by atoms with Crippen LogP contribution in [0.15, 0.2) is 60.9 Å². The quantitative estimate of drug-likeness (QED) is 0.552. The van der Waals surface area contributed by atoms with Crippen LogP contribution in [0.25, 0.3) is 21.7 Å². The molecular formula is C20H15ClN3O2-. The Morgan fingerprint density at radius 3 is 2.65 bits per heavy atom. The lowest BCUT2D eigenvalue weighted by Crippen LogP contribution is -2.22. The Kier molecular flexibility index (Phi) is 4.73. The van der Waals surface area contributed by atoms with Crippen LogP contribution in [-0.4, -0.2) is 15.9 Å². The maximum absolute atomic E-state index is 11.1. The average Bonchev–Trinajstić information content (AvgIpc) is 2.61. The number of rotatable bonds is 3. The lowest BCUT2D eigenvalue weighted by Gasteiger charge is -2.12. The zero-order chi connectivity index (χ0) is 17.4. The first-order valence-corrected chi connectivity index (χ1v) is 7.91. The Bertz CT molecular complexity index is 1130. The predicted molar refractivity (Wildman–Crippen MR) is 103 cm³/mol. The number of anilines is 2. The van der Waals surface area contributed by atoms with Crippen molar-refractivity contribution in [3.05, 3.63) is 71.5 Å². The number of carbonyl (C=O) groups excluding carboxylic acids is 1. The van der Waals surface area contributed by atoms with Crippen molar-refractivity contribution in [3.8, 4) is 0 Å². The molecule has 0 aliphatic carbocycles. The molecule has 4 rings (SSSR count). The van der Waals surface area contributed by atoms with E-state index < -0.39 is 5.97 Å². The molecule has 0 unspecified atom stereocenters. The number of hydrogen-bond acceptors (Lipinski definition) is 5. The number of hydrogen-bond donors (Lipinski definition) is 1. The molecule has 0 saturated heterocycles. The highest BCUT2D eigenvalue weighted by Gasteiger charge is 2.10. The Labute approximate surface area is 155 Å². The fourth-order valence-corrected chi connectivity index (χ4v) is 2.96. The van der Waals surface area contributed by atoms with Crippen LogP contribution in [0.3, 0.4) is 0 Å². The van der Waals surface area contributed by atoms with Crippen molar-refractivity contribution in [1.82, 2.24) is 9.97 Å². The van der Waals surface area contributed by atoms with Gasteiger partial charge in [0.1, 0.15) is 5.82 Å². The molecule has 0 fully saturated rings. The van der Waals surface area contributed by atoms with Crippen molar-refractivity contribution in [2.24, 2.45) is 0 Å². The molecule has 4 aromatic rings. The molecular weight excluding hydrogens is 350 g/mol. The summed E-state index contributed by atoms with van der Waals surface area (Å²) in [7, 11) is 0. The number of carboxylic acid groups (broad SMARTS) is 1. The van der Waals surface area contributed by atoms with Crippen LogP contribution in [-0.2, 0) is 0 Å². The topological polar surface area (TPSA) is 77.9 Å². The van der Waals surface area contributed by atoms with E-state index in [0.717, 1.165) is 21.8 Å². The van der Waals surface area contributed by atoms with E-state index in [1.807, 2.05) is 18.2 Å². The predicted octanol–water partition coefficient (Wildman–Crippen LogP) is 4.18. The van der Waals surface area contributed by atoms with Crippen molar-refractivity contribution in [2.45, 2.75) is 7.43 Å². The normalized spacial score (nSPS) is 10.5. The molecule has 0 bridgehead atoms. The Hall–Kier alpha value is -3.18. The molecule has 2 aromatic carbocycles. The first-order chi connectivity index (χ1) is 12.1. The third-order valence-corrected chi connectivity index (χ3v) is 4.15. The molecule has 0 aliphatic rings. The second kappa shape index (κ2) is 6.98. The van der Waals surface area contributed by atoms with Crippen LogP contribution in [0, 0.1) is 0 Å². The second-order valence-corrected chi connectivity index (χ2v) is 5.97. The van der Waals surface area contributed by atoms with Gasteiger partial charge in [-0.3, -0.25) is 4.98 Å². The number of nitrogens with one attached hydrogen (secondary N) is 1. The van der Waals surface area contributed by atoms with E-state index in [1.165, 1.54) is 12.1 Å². The molecule has 0 saturated carbocycles. The molecule has 5 nitrogen and oxygen atoms in total. The van der Waals surface area contributed by atoms with Crippen LogP contribution in [0.4, 0.5) is 11.5 Å². The van der Waals surface area contributed by atoms with Crippen molar-refractivity contribution >= 4 is 50.8 Å². The van der Waals surface area contributed by atoms with Gasteiger partial charge in [-0.1, -0.05) is 37.2 Å². The smallest absolute Gasteiger partial charge is 0.139 e. The minimum absolute atomic E-state index is 0. The van der Waals surface area contributed by atoms with Gasteiger partial charge in [-0.15, -0.1) is 0 Å². The van der Waals surface area contributed by atoms with Gasteiger partial charge in [0.25, 0.3) is 0 Å². The highest BCUT2D eigenvalue weighted by atomic mass is 35.5. The molecule has 130 valence electrons. The molecule has 2 heterocycles. The lowest BCUT2D eigenvalue weighted by atomic mass is 10.1. The SMILES string of the molecule is C.O=C([O-])c1ccc2c(c1)nc(Nc1cccc(Cl)c1)c1ccncc12. The Morgan fingerprint density at radius 1 is 1.04 bits per heavy atom. The third-order valence-electron chi connectivity index (χ3n) is 3.92. The van der Waals surface area contributed by atoms with Gasteiger partial charge >= 0.3 is 0 Å². The van der Waals surface area contributed by atoms with Gasteiger partial charge in [0.2, 0.25) is 0 Å². The summed E-state index contributed by atoms with van der Waals surface area (Å²) in [6.45, 7) is 0. The zero-order valence-electron chi connectivity index (χ0n) is 12.9. The summed E-state index contributed by atoms with van der Waals surface area (Å²) < 4.78 is 0. The van der Waals surface area contributed by atoms with Crippen LogP contribution >= 0.6 is 11.6 Å². The van der Waals surface area contributed by atoms with Gasteiger partial charge in [-0.2, -0.15) is 0 Å². The number of fused-ring (bicyclic) bond motifs is 3. The highest BCUT2D eigenvalue weighted by molar-refractivity contribution is 6.30. The van der Waals surface area contributed by atoms with Gasteiger partial charge in [0, 0.05) is 39.3 Å².